The standard InChI is InChI=1S/C22H26N4O3/c1-3-26-9-5-7-17(26)13-24-22(27)20-11-16(12-23-20)21-19(14-25-29-21)15-6-4-8-18(10-15)28-2/h4,6,8,10-12,14,17,23H,3,5,7,9,13H2,1-2H3,(H,24,27). The number of aromatic amines is 1. The third-order valence-electron chi connectivity index (χ3n) is 5.54. The van der Waals surface area contributed by atoms with Crippen molar-refractivity contribution in [3.8, 4) is 28.2 Å². The SMILES string of the molecule is CCN1CCCC1CNC(=O)c1cc(-c2oncc2-c2cccc(OC)c2)c[nH]1. The van der Waals surface area contributed by atoms with Gasteiger partial charge in [0.2, 0.25) is 0 Å². The zero-order valence-electron chi connectivity index (χ0n) is 16.8. The van der Waals surface area contributed by atoms with Crippen LogP contribution in [0.3, 0.4) is 0 Å². The number of carbonyl (C=O) groups excluding carboxylic acids is 1. The van der Waals surface area contributed by atoms with E-state index in [1.54, 1.807) is 25.6 Å². The number of hydrogen-bond acceptors (Lipinski definition) is 5. The Balaban J connectivity index is 1.48. The number of likely N-dealkylation sites (N-methyl/N-ethyl adjacent to an activating group) is 1. The lowest BCUT2D eigenvalue weighted by atomic mass is 10.0. The highest BCUT2D eigenvalue weighted by molar-refractivity contribution is 5.94. The maximum absolute atomic E-state index is 12.6. The van der Waals surface area contributed by atoms with Crippen molar-refractivity contribution in [2.75, 3.05) is 26.7 Å². The van der Waals surface area contributed by atoms with E-state index in [4.69, 9.17) is 9.26 Å². The summed E-state index contributed by atoms with van der Waals surface area (Å²) in [5, 5.41) is 7.01. The smallest absolute Gasteiger partial charge is 0.267 e. The summed E-state index contributed by atoms with van der Waals surface area (Å²) in [6.07, 6.45) is 5.77. The summed E-state index contributed by atoms with van der Waals surface area (Å²) in [5.41, 5.74) is 3.07. The summed E-state index contributed by atoms with van der Waals surface area (Å²) in [6, 6.07) is 9.93. The van der Waals surface area contributed by atoms with Crippen LogP contribution in [0, 0.1) is 0 Å². The molecule has 1 saturated heterocycles. The van der Waals surface area contributed by atoms with Gasteiger partial charge < -0.3 is 19.6 Å². The zero-order chi connectivity index (χ0) is 20.2. The minimum atomic E-state index is -0.110. The summed E-state index contributed by atoms with van der Waals surface area (Å²) in [5.74, 6) is 1.26. The Kier molecular flexibility index (Phi) is 5.67. The third kappa shape index (κ3) is 4.05. The molecule has 1 fully saturated rings. The highest BCUT2D eigenvalue weighted by atomic mass is 16.5. The topological polar surface area (TPSA) is 83.4 Å². The molecule has 2 aromatic heterocycles. The first-order valence-electron chi connectivity index (χ1n) is 9.99. The molecule has 4 rings (SSSR count). The number of hydrogen-bond donors (Lipinski definition) is 2. The van der Waals surface area contributed by atoms with Crippen LogP contribution in [0.15, 0.2) is 47.2 Å². The van der Waals surface area contributed by atoms with Crippen molar-refractivity contribution in [1.82, 2.24) is 20.4 Å². The Morgan fingerprint density at radius 2 is 2.28 bits per heavy atom. The van der Waals surface area contributed by atoms with Crippen LogP contribution in [-0.4, -0.2) is 53.7 Å². The summed E-state index contributed by atoms with van der Waals surface area (Å²) in [4.78, 5) is 18.1. The van der Waals surface area contributed by atoms with Crippen LogP contribution in [0.1, 0.15) is 30.3 Å². The van der Waals surface area contributed by atoms with Gasteiger partial charge in [0.15, 0.2) is 5.76 Å². The van der Waals surface area contributed by atoms with Gasteiger partial charge in [-0.25, -0.2) is 0 Å². The monoisotopic (exact) mass is 394 g/mol. The van der Waals surface area contributed by atoms with Gasteiger partial charge in [0, 0.05) is 29.9 Å². The summed E-state index contributed by atoms with van der Waals surface area (Å²) < 4.78 is 10.8. The quantitative estimate of drug-likeness (QED) is 0.640. The van der Waals surface area contributed by atoms with E-state index in [-0.39, 0.29) is 5.91 Å². The predicted molar refractivity (Wildman–Crippen MR) is 111 cm³/mol. The van der Waals surface area contributed by atoms with E-state index in [0.717, 1.165) is 42.0 Å². The molecule has 1 aromatic carbocycles. The fourth-order valence-corrected chi connectivity index (χ4v) is 3.95. The Labute approximate surface area is 170 Å². The number of ether oxygens (including phenoxy) is 1. The predicted octanol–water partition coefficient (Wildman–Crippen LogP) is 3.56. The van der Waals surface area contributed by atoms with Gasteiger partial charge in [-0.3, -0.25) is 9.69 Å². The lowest BCUT2D eigenvalue weighted by Crippen LogP contribution is -2.40. The Morgan fingerprint density at radius 3 is 3.10 bits per heavy atom. The van der Waals surface area contributed by atoms with E-state index in [9.17, 15) is 4.79 Å². The molecule has 0 radical (unpaired) electrons. The van der Waals surface area contributed by atoms with Crippen molar-refractivity contribution in [3.05, 3.63) is 48.4 Å². The fourth-order valence-electron chi connectivity index (χ4n) is 3.95. The Morgan fingerprint density at radius 1 is 1.38 bits per heavy atom. The van der Waals surface area contributed by atoms with E-state index < -0.39 is 0 Å². The minimum absolute atomic E-state index is 0.110. The van der Waals surface area contributed by atoms with Gasteiger partial charge >= 0.3 is 0 Å². The third-order valence-corrected chi connectivity index (χ3v) is 5.54. The van der Waals surface area contributed by atoms with Gasteiger partial charge in [-0.05, 0) is 49.7 Å². The van der Waals surface area contributed by atoms with E-state index >= 15 is 0 Å². The summed E-state index contributed by atoms with van der Waals surface area (Å²) in [7, 11) is 1.63. The average Bonchev–Trinajstić information content (AvgIpc) is 3.51. The maximum atomic E-state index is 12.6. The Bertz CT molecular complexity index is 978. The number of aromatic nitrogens is 2. The normalized spacial score (nSPS) is 16.8. The van der Waals surface area contributed by atoms with Crippen LogP contribution in [0.4, 0.5) is 0 Å². The molecule has 2 N–H and O–H groups in total. The molecule has 152 valence electrons. The van der Waals surface area contributed by atoms with Crippen LogP contribution in [-0.2, 0) is 0 Å². The van der Waals surface area contributed by atoms with Crippen LogP contribution >= 0.6 is 0 Å². The number of nitrogens with one attached hydrogen (secondary N) is 2. The van der Waals surface area contributed by atoms with E-state index in [2.05, 4.69) is 27.3 Å². The van der Waals surface area contributed by atoms with Crippen molar-refractivity contribution in [2.45, 2.75) is 25.8 Å². The van der Waals surface area contributed by atoms with Gasteiger partial charge in [0.1, 0.15) is 11.4 Å². The highest BCUT2D eigenvalue weighted by Crippen LogP contribution is 2.33. The summed E-state index contributed by atoms with van der Waals surface area (Å²) >= 11 is 0. The molecule has 3 heterocycles. The molecule has 3 aromatic rings. The second kappa shape index (κ2) is 8.53. The fraction of sp³-hybridized carbons (Fsp3) is 0.364. The molecule has 0 aliphatic carbocycles. The molecule has 7 nitrogen and oxygen atoms in total. The number of carbonyl (C=O) groups is 1. The number of nitrogens with zero attached hydrogens (tertiary/aromatic N) is 2. The summed E-state index contributed by atoms with van der Waals surface area (Å²) in [6.45, 7) is 4.96. The van der Waals surface area contributed by atoms with Gasteiger partial charge in [0.05, 0.1) is 13.3 Å². The molecule has 1 aliphatic rings. The lowest BCUT2D eigenvalue weighted by Gasteiger charge is -2.22. The number of rotatable bonds is 7. The molecule has 0 spiro atoms. The first-order chi connectivity index (χ1) is 14.2. The van der Waals surface area contributed by atoms with Crippen molar-refractivity contribution in [3.63, 3.8) is 0 Å². The van der Waals surface area contributed by atoms with Crippen molar-refractivity contribution in [2.24, 2.45) is 0 Å². The number of benzene rings is 1. The highest BCUT2D eigenvalue weighted by Gasteiger charge is 2.24. The molecule has 7 heteroatoms. The van der Waals surface area contributed by atoms with Gasteiger partial charge in [-0.15, -0.1) is 0 Å². The van der Waals surface area contributed by atoms with Crippen LogP contribution in [0.2, 0.25) is 0 Å². The molecule has 1 atom stereocenters. The van der Waals surface area contributed by atoms with Crippen LogP contribution in [0.25, 0.3) is 22.5 Å². The second-order valence-corrected chi connectivity index (χ2v) is 7.24. The Hall–Kier alpha value is -3.06. The molecule has 1 aliphatic heterocycles. The largest absolute Gasteiger partial charge is 0.497 e. The van der Waals surface area contributed by atoms with Crippen molar-refractivity contribution >= 4 is 5.91 Å². The number of likely N-dealkylation sites (tertiary alicyclic amines) is 1. The van der Waals surface area contributed by atoms with E-state index in [0.29, 0.717) is 24.0 Å². The van der Waals surface area contributed by atoms with Crippen LogP contribution < -0.4 is 10.1 Å². The van der Waals surface area contributed by atoms with E-state index in [1.807, 2.05) is 24.3 Å². The lowest BCUT2D eigenvalue weighted by molar-refractivity contribution is 0.0937. The number of H-pyrrole nitrogens is 1. The van der Waals surface area contributed by atoms with Gasteiger partial charge in [0.25, 0.3) is 5.91 Å². The second-order valence-electron chi connectivity index (χ2n) is 7.24. The van der Waals surface area contributed by atoms with Crippen molar-refractivity contribution in [1.29, 1.82) is 0 Å². The maximum Gasteiger partial charge on any atom is 0.267 e. The van der Waals surface area contributed by atoms with E-state index in [1.165, 1.54) is 6.42 Å². The molecule has 0 bridgehead atoms. The molecule has 1 amide bonds. The molecular formula is C22H26N4O3. The van der Waals surface area contributed by atoms with Crippen molar-refractivity contribution < 1.29 is 14.1 Å². The molecular weight excluding hydrogens is 368 g/mol. The minimum Gasteiger partial charge on any atom is -0.497 e. The average molecular weight is 394 g/mol. The molecule has 0 saturated carbocycles. The zero-order valence-corrected chi connectivity index (χ0v) is 16.8. The molecule has 1 unspecified atom stereocenters. The van der Waals surface area contributed by atoms with Crippen LogP contribution in [0.5, 0.6) is 5.75 Å². The number of methoxy groups -OCH3 is 1. The van der Waals surface area contributed by atoms with Gasteiger partial charge in [-0.2, -0.15) is 0 Å². The first kappa shape index (κ1) is 19.3. The molecule has 29 heavy (non-hydrogen) atoms. The van der Waals surface area contributed by atoms with Gasteiger partial charge in [-0.1, -0.05) is 24.2 Å². The first-order valence-corrected chi connectivity index (χ1v) is 9.99. The number of amides is 1.